The molecule has 0 saturated carbocycles. The maximum atomic E-state index is 12.1. The number of nitrogens with two attached hydrogens (primary N) is 1. The van der Waals surface area contributed by atoms with E-state index < -0.39 is 6.36 Å². The topological polar surface area (TPSA) is 56.5 Å². The maximum Gasteiger partial charge on any atom is 0.573 e. The Hall–Kier alpha value is -1.31. The van der Waals surface area contributed by atoms with Crippen LogP contribution in [0.25, 0.3) is 0 Å². The van der Waals surface area contributed by atoms with Crippen LogP contribution in [0.1, 0.15) is 18.4 Å². The molecular weight excluding hydrogens is 285 g/mol. The molecule has 1 aliphatic heterocycles. The van der Waals surface area contributed by atoms with Crippen molar-refractivity contribution in [3.8, 4) is 5.75 Å². The van der Waals surface area contributed by atoms with E-state index in [1.807, 2.05) is 0 Å². The van der Waals surface area contributed by atoms with Gasteiger partial charge in [-0.3, -0.25) is 11.3 Å². The first kappa shape index (κ1) is 16.1. The third-order valence-electron chi connectivity index (χ3n) is 3.59. The lowest BCUT2D eigenvalue weighted by molar-refractivity contribution is -0.274. The highest BCUT2D eigenvalue weighted by molar-refractivity contribution is 5.28. The van der Waals surface area contributed by atoms with E-state index in [4.69, 9.17) is 10.6 Å². The fraction of sp³-hybridized carbons (Fsp3) is 0.571. The first-order chi connectivity index (χ1) is 9.98. The number of hydrogen-bond acceptors (Lipinski definition) is 4. The average molecular weight is 304 g/mol. The van der Waals surface area contributed by atoms with Crippen LogP contribution in [0.2, 0.25) is 0 Å². The number of alkyl halides is 3. The smallest absolute Gasteiger partial charge is 0.406 e. The average Bonchev–Trinajstić information content (AvgIpc) is 2.46. The normalized spacial score (nSPS) is 21.0. The van der Waals surface area contributed by atoms with Crippen LogP contribution in [-0.2, 0) is 11.2 Å². The van der Waals surface area contributed by atoms with E-state index in [0.717, 1.165) is 25.0 Å². The summed E-state index contributed by atoms with van der Waals surface area (Å²) in [5.74, 6) is 5.68. The Balaban J connectivity index is 1.94. The molecule has 1 fully saturated rings. The Morgan fingerprint density at radius 3 is 2.57 bits per heavy atom. The Morgan fingerprint density at radius 2 is 2.05 bits per heavy atom. The van der Waals surface area contributed by atoms with Gasteiger partial charge in [-0.05, 0) is 42.9 Å². The molecule has 0 aromatic heterocycles. The Kier molecular flexibility index (Phi) is 5.44. The van der Waals surface area contributed by atoms with Crippen LogP contribution >= 0.6 is 0 Å². The minimum atomic E-state index is -4.66. The number of hydrazine groups is 1. The van der Waals surface area contributed by atoms with Crippen molar-refractivity contribution in [2.75, 3.05) is 13.2 Å². The van der Waals surface area contributed by atoms with Gasteiger partial charge in [-0.1, -0.05) is 12.1 Å². The SMILES string of the molecule is NNC(Cc1ccc(OC(F)(F)F)cc1)C1CCCOC1. The van der Waals surface area contributed by atoms with Crippen LogP contribution in [0, 0.1) is 5.92 Å². The fourth-order valence-corrected chi connectivity index (χ4v) is 2.53. The third kappa shape index (κ3) is 5.18. The van der Waals surface area contributed by atoms with Crippen LogP contribution in [-0.4, -0.2) is 25.6 Å². The molecule has 0 amide bonds. The molecule has 0 aliphatic carbocycles. The van der Waals surface area contributed by atoms with Gasteiger partial charge < -0.3 is 9.47 Å². The molecule has 7 heteroatoms. The van der Waals surface area contributed by atoms with Crippen LogP contribution in [0.4, 0.5) is 13.2 Å². The zero-order valence-corrected chi connectivity index (χ0v) is 11.5. The van der Waals surface area contributed by atoms with E-state index >= 15 is 0 Å². The molecule has 21 heavy (non-hydrogen) atoms. The van der Waals surface area contributed by atoms with Gasteiger partial charge in [0.25, 0.3) is 0 Å². The fourth-order valence-electron chi connectivity index (χ4n) is 2.53. The molecular formula is C14H19F3N2O2. The highest BCUT2D eigenvalue weighted by Gasteiger charge is 2.31. The van der Waals surface area contributed by atoms with Crippen LogP contribution in [0.15, 0.2) is 24.3 Å². The summed E-state index contributed by atoms with van der Waals surface area (Å²) in [7, 11) is 0. The van der Waals surface area contributed by atoms with Crippen molar-refractivity contribution in [2.45, 2.75) is 31.7 Å². The predicted octanol–water partition coefficient (Wildman–Crippen LogP) is 2.39. The number of benzene rings is 1. The molecule has 118 valence electrons. The van der Waals surface area contributed by atoms with E-state index in [1.54, 1.807) is 12.1 Å². The Labute approximate surface area is 121 Å². The van der Waals surface area contributed by atoms with Crippen molar-refractivity contribution in [1.29, 1.82) is 0 Å². The second kappa shape index (κ2) is 7.11. The number of halogens is 3. The van der Waals surface area contributed by atoms with Gasteiger partial charge in [0.15, 0.2) is 0 Å². The first-order valence-electron chi connectivity index (χ1n) is 6.86. The van der Waals surface area contributed by atoms with Gasteiger partial charge in [-0.25, -0.2) is 0 Å². The van der Waals surface area contributed by atoms with Crippen molar-refractivity contribution in [3.63, 3.8) is 0 Å². The molecule has 4 nitrogen and oxygen atoms in total. The van der Waals surface area contributed by atoms with E-state index in [1.165, 1.54) is 12.1 Å². The van der Waals surface area contributed by atoms with Gasteiger partial charge >= 0.3 is 6.36 Å². The van der Waals surface area contributed by atoms with E-state index in [0.29, 0.717) is 18.9 Å². The van der Waals surface area contributed by atoms with Crippen molar-refractivity contribution < 1.29 is 22.6 Å². The summed E-state index contributed by atoms with van der Waals surface area (Å²) in [5, 5.41) is 0. The third-order valence-corrected chi connectivity index (χ3v) is 3.59. The number of rotatable bonds is 5. The minimum Gasteiger partial charge on any atom is -0.406 e. The van der Waals surface area contributed by atoms with E-state index in [2.05, 4.69) is 10.2 Å². The van der Waals surface area contributed by atoms with Crippen molar-refractivity contribution in [3.05, 3.63) is 29.8 Å². The summed E-state index contributed by atoms with van der Waals surface area (Å²) in [6, 6.07) is 5.91. The summed E-state index contributed by atoms with van der Waals surface area (Å²) in [6.45, 7) is 1.43. The van der Waals surface area contributed by atoms with Gasteiger partial charge in [0.1, 0.15) is 5.75 Å². The van der Waals surface area contributed by atoms with Crippen molar-refractivity contribution >= 4 is 0 Å². The van der Waals surface area contributed by atoms with Gasteiger partial charge in [0.05, 0.1) is 6.61 Å². The molecule has 3 N–H and O–H groups in total. The summed E-state index contributed by atoms with van der Waals surface area (Å²) >= 11 is 0. The molecule has 1 aliphatic rings. The van der Waals surface area contributed by atoms with Gasteiger partial charge in [0, 0.05) is 12.6 Å². The van der Waals surface area contributed by atoms with Crippen LogP contribution in [0.5, 0.6) is 5.75 Å². The molecule has 1 heterocycles. The van der Waals surface area contributed by atoms with Gasteiger partial charge in [-0.15, -0.1) is 13.2 Å². The lowest BCUT2D eigenvalue weighted by atomic mass is 9.90. The van der Waals surface area contributed by atoms with E-state index in [9.17, 15) is 13.2 Å². The number of ether oxygens (including phenoxy) is 2. The van der Waals surface area contributed by atoms with Gasteiger partial charge in [-0.2, -0.15) is 0 Å². The van der Waals surface area contributed by atoms with Crippen LogP contribution < -0.4 is 16.0 Å². The van der Waals surface area contributed by atoms with Crippen molar-refractivity contribution in [2.24, 2.45) is 11.8 Å². The summed E-state index contributed by atoms with van der Waals surface area (Å²) < 4.78 is 45.5. The maximum absolute atomic E-state index is 12.1. The molecule has 2 unspecified atom stereocenters. The predicted molar refractivity (Wildman–Crippen MR) is 71.5 cm³/mol. The molecule has 2 atom stereocenters. The first-order valence-corrected chi connectivity index (χ1v) is 6.86. The lowest BCUT2D eigenvalue weighted by Crippen LogP contribution is -2.45. The molecule has 0 radical (unpaired) electrons. The molecule has 2 rings (SSSR count). The molecule has 1 aromatic rings. The monoisotopic (exact) mass is 304 g/mol. The number of hydrogen-bond donors (Lipinski definition) is 2. The molecule has 1 aromatic carbocycles. The van der Waals surface area contributed by atoms with Crippen molar-refractivity contribution in [1.82, 2.24) is 5.43 Å². The summed E-state index contributed by atoms with van der Waals surface area (Å²) in [5.41, 5.74) is 3.68. The standard InChI is InChI=1S/C14H19F3N2O2/c15-14(16,17)21-12-5-3-10(4-6-12)8-13(19-18)11-2-1-7-20-9-11/h3-6,11,13,19H,1-2,7-9,18H2. The Bertz CT molecular complexity index is 431. The van der Waals surface area contributed by atoms with Crippen LogP contribution in [0.3, 0.4) is 0 Å². The minimum absolute atomic E-state index is 0.0414. The second-order valence-electron chi connectivity index (χ2n) is 5.15. The summed E-state index contributed by atoms with van der Waals surface area (Å²) in [4.78, 5) is 0. The molecule has 0 bridgehead atoms. The largest absolute Gasteiger partial charge is 0.573 e. The second-order valence-corrected chi connectivity index (χ2v) is 5.15. The quantitative estimate of drug-likeness (QED) is 0.648. The molecule has 0 spiro atoms. The molecule has 1 saturated heterocycles. The zero-order valence-electron chi connectivity index (χ0n) is 11.5. The summed E-state index contributed by atoms with van der Waals surface area (Å²) in [6.07, 6.45) is -2.00. The lowest BCUT2D eigenvalue weighted by Gasteiger charge is -2.29. The van der Waals surface area contributed by atoms with Gasteiger partial charge in [0.2, 0.25) is 0 Å². The number of nitrogens with one attached hydrogen (secondary N) is 1. The highest BCUT2D eigenvalue weighted by atomic mass is 19.4. The Morgan fingerprint density at radius 1 is 1.33 bits per heavy atom. The van der Waals surface area contributed by atoms with E-state index in [-0.39, 0.29) is 11.8 Å². The highest BCUT2D eigenvalue weighted by Crippen LogP contribution is 2.24. The zero-order chi connectivity index (χ0) is 15.3.